The SMILES string of the molecule is COc1ccc(C(=O)n2c(N)c(C(=O)Nc3ccccc3C(F)(F)F)c3ccccc32)cc1OC. The zero-order valence-electron chi connectivity index (χ0n) is 18.6. The summed E-state index contributed by atoms with van der Waals surface area (Å²) in [6.45, 7) is 0. The monoisotopic (exact) mass is 483 g/mol. The van der Waals surface area contributed by atoms with Crippen LogP contribution in [0.1, 0.15) is 26.3 Å². The molecule has 4 aromatic rings. The third-order valence-electron chi connectivity index (χ3n) is 5.45. The van der Waals surface area contributed by atoms with Crippen LogP contribution in [0.3, 0.4) is 0 Å². The molecule has 0 radical (unpaired) electrons. The van der Waals surface area contributed by atoms with Crippen LogP contribution >= 0.6 is 0 Å². The van der Waals surface area contributed by atoms with Gasteiger partial charge in [-0.3, -0.25) is 14.2 Å². The van der Waals surface area contributed by atoms with Gasteiger partial charge >= 0.3 is 6.18 Å². The maximum atomic E-state index is 13.4. The molecular weight excluding hydrogens is 463 g/mol. The van der Waals surface area contributed by atoms with Crippen LogP contribution in [0.4, 0.5) is 24.7 Å². The number of hydrogen-bond donors (Lipinski definition) is 2. The number of rotatable bonds is 5. The van der Waals surface area contributed by atoms with Crippen molar-refractivity contribution < 1.29 is 32.2 Å². The third kappa shape index (κ3) is 4.25. The van der Waals surface area contributed by atoms with E-state index in [9.17, 15) is 22.8 Å². The smallest absolute Gasteiger partial charge is 0.418 e. The van der Waals surface area contributed by atoms with Gasteiger partial charge in [0.2, 0.25) is 0 Å². The molecule has 3 N–H and O–H groups in total. The molecule has 1 heterocycles. The number of nitrogens with two attached hydrogens (primary N) is 1. The van der Waals surface area contributed by atoms with E-state index < -0.39 is 29.2 Å². The molecule has 0 spiro atoms. The molecule has 0 aliphatic heterocycles. The Hall–Kier alpha value is -4.47. The first-order valence-corrected chi connectivity index (χ1v) is 10.3. The second-order valence-electron chi connectivity index (χ2n) is 7.49. The van der Waals surface area contributed by atoms with Crippen LogP contribution in [0, 0.1) is 0 Å². The van der Waals surface area contributed by atoms with Crippen LogP contribution in [0.2, 0.25) is 0 Å². The molecule has 1 aromatic heterocycles. The molecule has 10 heteroatoms. The van der Waals surface area contributed by atoms with Gasteiger partial charge in [-0.15, -0.1) is 0 Å². The second kappa shape index (κ2) is 9.05. The molecule has 0 bridgehead atoms. The lowest BCUT2D eigenvalue weighted by Crippen LogP contribution is -2.19. The quantitative estimate of drug-likeness (QED) is 0.407. The number of ether oxygens (including phenoxy) is 2. The van der Waals surface area contributed by atoms with Gasteiger partial charge in [0.05, 0.1) is 36.6 Å². The van der Waals surface area contributed by atoms with E-state index in [2.05, 4.69) is 5.32 Å². The zero-order valence-corrected chi connectivity index (χ0v) is 18.6. The molecule has 3 aromatic carbocycles. The van der Waals surface area contributed by atoms with E-state index in [0.29, 0.717) is 22.4 Å². The molecule has 7 nitrogen and oxygen atoms in total. The summed E-state index contributed by atoms with van der Waals surface area (Å²) in [5.74, 6) is -0.926. The summed E-state index contributed by atoms with van der Waals surface area (Å²) in [6, 6.07) is 15.6. The van der Waals surface area contributed by atoms with E-state index in [0.717, 1.165) is 16.7 Å². The molecule has 1 amide bonds. The van der Waals surface area contributed by atoms with Crippen LogP contribution in [-0.4, -0.2) is 30.6 Å². The Balaban J connectivity index is 1.81. The van der Waals surface area contributed by atoms with Gasteiger partial charge in [0.25, 0.3) is 11.8 Å². The molecule has 0 fully saturated rings. The number of anilines is 2. The number of methoxy groups -OCH3 is 2. The topological polar surface area (TPSA) is 95.6 Å². The first-order chi connectivity index (χ1) is 16.7. The van der Waals surface area contributed by atoms with Crippen LogP contribution in [0.25, 0.3) is 10.9 Å². The minimum atomic E-state index is -4.67. The maximum absolute atomic E-state index is 13.4. The highest BCUT2D eigenvalue weighted by atomic mass is 19.4. The molecule has 0 aliphatic carbocycles. The standard InChI is InChI=1S/C25H20F3N3O4/c1-34-19-12-11-14(13-20(19)35-2)24(33)31-18-10-6-3-7-15(18)21(22(31)29)23(32)30-17-9-5-4-8-16(17)25(26,27)28/h3-13H,29H2,1-2H3,(H,30,32). The fourth-order valence-electron chi connectivity index (χ4n) is 3.84. The number of alkyl halides is 3. The Labute approximate surface area is 197 Å². The van der Waals surface area contributed by atoms with E-state index in [1.54, 1.807) is 30.3 Å². The summed E-state index contributed by atoms with van der Waals surface area (Å²) >= 11 is 0. The number of halogens is 3. The van der Waals surface area contributed by atoms with E-state index in [1.165, 1.54) is 38.5 Å². The fourth-order valence-corrected chi connectivity index (χ4v) is 3.84. The number of nitrogens with zero attached hydrogens (tertiary/aromatic N) is 1. The molecule has 180 valence electrons. The summed E-state index contributed by atoms with van der Waals surface area (Å²) in [5, 5.41) is 2.60. The Morgan fingerprint density at radius 2 is 1.57 bits per heavy atom. The Morgan fingerprint density at radius 3 is 2.26 bits per heavy atom. The predicted molar refractivity (Wildman–Crippen MR) is 125 cm³/mol. The van der Waals surface area contributed by atoms with Crippen molar-refractivity contribution in [2.24, 2.45) is 0 Å². The number of fused-ring (bicyclic) bond motifs is 1. The average molecular weight is 483 g/mol. The number of amides is 1. The largest absolute Gasteiger partial charge is 0.493 e. The van der Waals surface area contributed by atoms with Crippen molar-refractivity contribution in [3.05, 3.63) is 83.4 Å². The number of carbonyl (C=O) groups excluding carboxylic acids is 2. The Kier molecular flexibility index (Phi) is 6.12. The van der Waals surface area contributed by atoms with Gasteiger partial charge in [0.1, 0.15) is 5.82 Å². The van der Waals surface area contributed by atoms with Gasteiger partial charge in [-0.1, -0.05) is 30.3 Å². The predicted octanol–water partition coefficient (Wildman–Crippen LogP) is 5.20. The van der Waals surface area contributed by atoms with Crippen molar-refractivity contribution in [2.75, 3.05) is 25.3 Å². The van der Waals surface area contributed by atoms with Crippen molar-refractivity contribution in [3.8, 4) is 11.5 Å². The average Bonchev–Trinajstić information content (AvgIpc) is 3.14. The third-order valence-corrected chi connectivity index (χ3v) is 5.45. The summed E-state index contributed by atoms with van der Waals surface area (Å²) in [7, 11) is 2.88. The van der Waals surface area contributed by atoms with Crippen molar-refractivity contribution in [3.63, 3.8) is 0 Å². The molecule has 0 aliphatic rings. The second-order valence-corrected chi connectivity index (χ2v) is 7.49. The molecular formula is C25H20F3N3O4. The number of aromatic nitrogens is 1. The van der Waals surface area contributed by atoms with E-state index in [-0.39, 0.29) is 16.9 Å². The number of para-hydroxylation sites is 2. The number of nitrogen functional groups attached to an aromatic ring is 1. The minimum Gasteiger partial charge on any atom is -0.493 e. The van der Waals surface area contributed by atoms with Gasteiger partial charge in [-0.05, 0) is 36.4 Å². The van der Waals surface area contributed by atoms with Gasteiger partial charge in [-0.2, -0.15) is 13.2 Å². The van der Waals surface area contributed by atoms with Crippen LogP contribution < -0.4 is 20.5 Å². The van der Waals surface area contributed by atoms with E-state index >= 15 is 0 Å². The minimum absolute atomic E-state index is 0.119. The number of carbonyl (C=O) groups is 2. The number of benzene rings is 3. The molecule has 0 saturated carbocycles. The number of hydrogen-bond acceptors (Lipinski definition) is 5. The highest BCUT2D eigenvalue weighted by molar-refractivity contribution is 6.20. The van der Waals surface area contributed by atoms with Crippen LogP contribution in [-0.2, 0) is 6.18 Å². The lowest BCUT2D eigenvalue weighted by molar-refractivity contribution is -0.136. The molecule has 4 rings (SSSR count). The summed E-state index contributed by atoms with van der Waals surface area (Å²) in [5.41, 5.74) is 5.23. The first-order valence-electron chi connectivity index (χ1n) is 10.3. The van der Waals surface area contributed by atoms with E-state index in [1.807, 2.05) is 0 Å². The highest BCUT2D eigenvalue weighted by Crippen LogP contribution is 2.36. The summed E-state index contributed by atoms with van der Waals surface area (Å²) < 4.78 is 51.8. The van der Waals surface area contributed by atoms with Crippen molar-refractivity contribution in [1.29, 1.82) is 0 Å². The molecule has 0 atom stereocenters. The van der Waals surface area contributed by atoms with Crippen molar-refractivity contribution >= 4 is 34.2 Å². The molecule has 35 heavy (non-hydrogen) atoms. The van der Waals surface area contributed by atoms with E-state index in [4.69, 9.17) is 15.2 Å². The summed E-state index contributed by atoms with van der Waals surface area (Å²) in [4.78, 5) is 26.6. The zero-order chi connectivity index (χ0) is 25.3. The highest BCUT2D eigenvalue weighted by Gasteiger charge is 2.34. The van der Waals surface area contributed by atoms with Gasteiger partial charge < -0.3 is 20.5 Å². The van der Waals surface area contributed by atoms with Crippen molar-refractivity contribution in [2.45, 2.75) is 6.18 Å². The summed E-state index contributed by atoms with van der Waals surface area (Å²) in [6.07, 6.45) is -4.67. The fraction of sp³-hybridized carbons (Fsp3) is 0.120. The van der Waals surface area contributed by atoms with Gasteiger partial charge in [-0.25, -0.2) is 0 Å². The lowest BCUT2D eigenvalue weighted by Gasteiger charge is -2.14. The molecule has 0 unspecified atom stereocenters. The van der Waals surface area contributed by atoms with Gasteiger partial charge in [0, 0.05) is 10.9 Å². The van der Waals surface area contributed by atoms with Gasteiger partial charge in [0.15, 0.2) is 11.5 Å². The Morgan fingerprint density at radius 1 is 0.914 bits per heavy atom. The lowest BCUT2D eigenvalue weighted by atomic mass is 10.1. The maximum Gasteiger partial charge on any atom is 0.418 e. The van der Waals surface area contributed by atoms with Crippen LogP contribution in [0.15, 0.2) is 66.7 Å². The number of nitrogens with one attached hydrogen (secondary N) is 1. The Bertz CT molecular complexity index is 1440. The van der Waals surface area contributed by atoms with Crippen molar-refractivity contribution in [1.82, 2.24) is 4.57 Å². The first kappa shape index (κ1) is 23.7. The normalized spacial score (nSPS) is 11.3. The molecule has 0 saturated heterocycles. The van der Waals surface area contributed by atoms with Crippen LogP contribution in [0.5, 0.6) is 11.5 Å².